The fourth-order valence-electron chi connectivity index (χ4n) is 2.41. The summed E-state index contributed by atoms with van der Waals surface area (Å²) in [5.41, 5.74) is 0. The van der Waals surface area contributed by atoms with Crippen LogP contribution in [-0.2, 0) is 4.79 Å². The number of carbonyl (C=O) groups excluding carboxylic acids is 1. The van der Waals surface area contributed by atoms with Crippen LogP contribution in [0.15, 0.2) is 27.4 Å². The molecule has 0 spiro atoms. The Morgan fingerprint density at radius 2 is 2.18 bits per heavy atom. The first-order valence-corrected chi connectivity index (χ1v) is 8.86. The SMILES string of the molecule is N#CCCN1CCN(C2=NC(=O)C(=Cc3cccs3)S2)CC1. The molecule has 3 rings (SSSR count). The average molecular weight is 332 g/mol. The number of piperazine rings is 1. The molecule has 7 heteroatoms. The van der Waals surface area contributed by atoms with Gasteiger partial charge in [-0.3, -0.25) is 9.69 Å². The highest BCUT2D eigenvalue weighted by Gasteiger charge is 2.28. The molecule has 1 aromatic rings. The number of carbonyl (C=O) groups is 1. The Bertz CT molecular complexity index is 637. The van der Waals surface area contributed by atoms with Crippen LogP contribution < -0.4 is 0 Å². The van der Waals surface area contributed by atoms with Gasteiger partial charge in [0.2, 0.25) is 0 Å². The minimum atomic E-state index is -0.139. The van der Waals surface area contributed by atoms with Crippen molar-refractivity contribution in [2.24, 2.45) is 4.99 Å². The van der Waals surface area contributed by atoms with Crippen molar-refractivity contribution in [1.29, 1.82) is 5.26 Å². The van der Waals surface area contributed by atoms with E-state index in [4.69, 9.17) is 5.26 Å². The van der Waals surface area contributed by atoms with Gasteiger partial charge in [0.15, 0.2) is 5.17 Å². The number of nitrogens with zero attached hydrogens (tertiary/aromatic N) is 4. The van der Waals surface area contributed by atoms with E-state index in [0.29, 0.717) is 11.3 Å². The average Bonchev–Trinajstić information content (AvgIpc) is 3.17. The van der Waals surface area contributed by atoms with Crippen LogP contribution in [0.3, 0.4) is 0 Å². The first kappa shape index (κ1) is 15.3. The molecule has 2 aliphatic heterocycles. The molecule has 22 heavy (non-hydrogen) atoms. The third-order valence-electron chi connectivity index (χ3n) is 3.61. The van der Waals surface area contributed by atoms with E-state index >= 15 is 0 Å². The monoisotopic (exact) mass is 332 g/mol. The van der Waals surface area contributed by atoms with Crippen molar-refractivity contribution in [2.75, 3.05) is 32.7 Å². The summed E-state index contributed by atoms with van der Waals surface area (Å²) in [6, 6.07) is 6.15. The molecule has 0 radical (unpaired) electrons. The number of hydrogen-bond donors (Lipinski definition) is 0. The zero-order valence-corrected chi connectivity index (χ0v) is 13.7. The number of rotatable bonds is 3. The van der Waals surface area contributed by atoms with Crippen LogP contribution in [0.25, 0.3) is 6.08 Å². The maximum atomic E-state index is 12.0. The molecular weight excluding hydrogens is 316 g/mol. The highest BCUT2D eigenvalue weighted by atomic mass is 32.2. The molecule has 1 saturated heterocycles. The van der Waals surface area contributed by atoms with Gasteiger partial charge in [0.05, 0.1) is 11.0 Å². The largest absolute Gasteiger partial charge is 0.348 e. The van der Waals surface area contributed by atoms with Gasteiger partial charge in [-0.05, 0) is 29.3 Å². The third-order valence-corrected chi connectivity index (χ3v) is 5.47. The molecule has 2 aliphatic rings. The second-order valence-corrected chi connectivity index (χ2v) is 7.05. The molecular formula is C15H16N4OS2. The van der Waals surface area contributed by atoms with Crippen molar-refractivity contribution in [1.82, 2.24) is 9.80 Å². The standard InChI is InChI=1S/C15H16N4OS2/c16-4-2-5-18-6-8-19(9-7-18)15-17-14(20)13(22-15)11-12-3-1-10-21-12/h1,3,10-11H,2,5-9H2. The van der Waals surface area contributed by atoms with Crippen molar-refractivity contribution < 1.29 is 4.79 Å². The number of aliphatic imine (C=N–C) groups is 1. The number of hydrogen-bond acceptors (Lipinski definition) is 6. The van der Waals surface area contributed by atoms with Gasteiger partial charge in [-0.25, -0.2) is 0 Å². The molecule has 0 unspecified atom stereocenters. The van der Waals surface area contributed by atoms with Gasteiger partial charge in [0.25, 0.3) is 5.91 Å². The van der Waals surface area contributed by atoms with Crippen LogP contribution in [0.1, 0.15) is 11.3 Å². The van der Waals surface area contributed by atoms with Crippen LogP contribution >= 0.6 is 23.1 Å². The Labute approximate surface area is 137 Å². The van der Waals surface area contributed by atoms with Crippen molar-refractivity contribution in [3.8, 4) is 6.07 Å². The lowest BCUT2D eigenvalue weighted by molar-refractivity contribution is -0.113. The second kappa shape index (κ2) is 7.09. The van der Waals surface area contributed by atoms with Crippen LogP contribution in [0.5, 0.6) is 0 Å². The van der Waals surface area contributed by atoms with Gasteiger partial charge >= 0.3 is 0 Å². The van der Waals surface area contributed by atoms with E-state index in [2.05, 4.69) is 20.9 Å². The van der Waals surface area contributed by atoms with Crippen molar-refractivity contribution in [2.45, 2.75) is 6.42 Å². The fourth-order valence-corrected chi connectivity index (χ4v) is 4.09. The number of thioether (sulfide) groups is 1. The molecule has 1 aromatic heterocycles. The quantitative estimate of drug-likeness (QED) is 0.795. The summed E-state index contributed by atoms with van der Waals surface area (Å²) in [6.07, 6.45) is 2.49. The highest BCUT2D eigenvalue weighted by molar-refractivity contribution is 8.18. The first-order valence-electron chi connectivity index (χ1n) is 7.16. The molecule has 5 nitrogen and oxygen atoms in total. The fraction of sp³-hybridized carbons (Fsp3) is 0.400. The Kier molecular flexibility index (Phi) is 4.93. The molecule has 1 amide bonds. The summed E-state index contributed by atoms with van der Waals surface area (Å²) in [5.74, 6) is -0.139. The van der Waals surface area contributed by atoms with Gasteiger partial charge < -0.3 is 4.90 Å². The lowest BCUT2D eigenvalue weighted by Gasteiger charge is -2.34. The van der Waals surface area contributed by atoms with Gasteiger partial charge in [-0.1, -0.05) is 6.07 Å². The van der Waals surface area contributed by atoms with Crippen LogP contribution in [0.4, 0.5) is 0 Å². The van der Waals surface area contributed by atoms with Crippen molar-refractivity contribution >= 4 is 40.2 Å². The van der Waals surface area contributed by atoms with Crippen LogP contribution in [0.2, 0.25) is 0 Å². The lowest BCUT2D eigenvalue weighted by atomic mass is 10.3. The third kappa shape index (κ3) is 3.58. The zero-order chi connectivity index (χ0) is 15.4. The number of nitriles is 1. The smallest absolute Gasteiger partial charge is 0.286 e. The molecule has 114 valence electrons. The number of amides is 1. The topological polar surface area (TPSA) is 59.7 Å². The predicted octanol–water partition coefficient (Wildman–Crippen LogP) is 2.25. The Morgan fingerprint density at radius 3 is 2.86 bits per heavy atom. The predicted molar refractivity (Wildman–Crippen MR) is 90.6 cm³/mol. The zero-order valence-electron chi connectivity index (χ0n) is 12.1. The van der Waals surface area contributed by atoms with Gasteiger partial charge in [0.1, 0.15) is 0 Å². The molecule has 0 atom stereocenters. The maximum Gasteiger partial charge on any atom is 0.286 e. The minimum absolute atomic E-state index is 0.139. The van der Waals surface area contributed by atoms with Gasteiger partial charge in [0, 0.05) is 44.0 Å². The van der Waals surface area contributed by atoms with Crippen LogP contribution in [0, 0.1) is 11.3 Å². The van der Waals surface area contributed by atoms with E-state index in [-0.39, 0.29) is 5.91 Å². The Balaban J connectivity index is 1.58. The highest BCUT2D eigenvalue weighted by Crippen LogP contribution is 2.31. The van der Waals surface area contributed by atoms with Crippen molar-refractivity contribution in [3.63, 3.8) is 0 Å². The van der Waals surface area contributed by atoms with Crippen LogP contribution in [-0.4, -0.2) is 53.6 Å². The summed E-state index contributed by atoms with van der Waals surface area (Å²) in [5, 5.41) is 11.4. The van der Waals surface area contributed by atoms with E-state index in [0.717, 1.165) is 42.8 Å². The Morgan fingerprint density at radius 1 is 1.36 bits per heavy atom. The molecule has 1 fully saturated rings. The molecule has 3 heterocycles. The molecule has 0 aromatic carbocycles. The summed E-state index contributed by atoms with van der Waals surface area (Å²) < 4.78 is 0. The van der Waals surface area contributed by atoms with E-state index in [1.54, 1.807) is 11.3 Å². The normalized spacial score (nSPS) is 21.2. The van der Waals surface area contributed by atoms with Crippen molar-refractivity contribution in [3.05, 3.63) is 27.3 Å². The summed E-state index contributed by atoms with van der Waals surface area (Å²) in [6.45, 7) is 4.37. The molecule has 0 bridgehead atoms. The molecule has 0 aliphatic carbocycles. The second-order valence-electron chi connectivity index (χ2n) is 5.06. The van der Waals surface area contributed by atoms with E-state index in [1.807, 2.05) is 23.6 Å². The van der Waals surface area contributed by atoms with E-state index in [9.17, 15) is 4.79 Å². The molecule has 0 saturated carbocycles. The minimum Gasteiger partial charge on any atom is -0.348 e. The van der Waals surface area contributed by atoms with Gasteiger partial charge in [-0.15, -0.1) is 11.3 Å². The number of thiophene rings is 1. The molecule has 0 N–H and O–H groups in total. The first-order chi connectivity index (χ1) is 10.8. The summed E-state index contributed by atoms with van der Waals surface area (Å²) in [7, 11) is 0. The number of amidine groups is 1. The summed E-state index contributed by atoms with van der Waals surface area (Å²) >= 11 is 3.08. The van der Waals surface area contributed by atoms with Gasteiger partial charge in [-0.2, -0.15) is 10.3 Å². The Hall–Kier alpha value is -1.62. The maximum absolute atomic E-state index is 12.0. The summed E-state index contributed by atoms with van der Waals surface area (Å²) in [4.78, 5) is 22.4. The lowest BCUT2D eigenvalue weighted by Crippen LogP contribution is -2.47. The van der Waals surface area contributed by atoms with E-state index in [1.165, 1.54) is 11.8 Å². The van der Waals surface area contributed by atoms with E-state index < -0.39 is 0 Å².